The second-order valence-electron chi connectivity index (χ2n) is 13.3. The van der Waals surface area contributed by atoms with Crippen LogP contribution in [0.15, 0.2) is 105 Å². The van der Waals surface area contributed by atoms with Crippen molar-refractivity contribution in [2.75, 3.05) is 0 Å². The molecule has 0 aromatic heterocycles. The predicted octanol–water partition coefficient (Wildman–Crippen LogP) is 10.9. The van der Waals surface area contributed by atoms with Crippen LogP contribution in [-0.2, 0) is 0 Å². The molecule has 1 unspecified atom stereocenters. The van der Waals surface area contributed by atoms with Crippen molar-refractivity contribution in [2.45, 2.75) is 109 Å². The lowest BCUT2D eigenvalue weighted by molar-refractivity contribution is 0.385. The van der Waals surface area contributed by atoms with Gasteiger partial charge in [-0.3, -0.25) is 0 Å². The summed E-state index contributed by atoms with van der Waals surface area (Å²) in [4.78, 5) is 0. The highest BCUT2D eigenvalue weighted by Gasteiger charge is 2.29. The SMILES string of the molecule is C1=CC2=C1/C1=C/CC3CCC(=C/C=C4C=C/C(=C5\CCC=C(CC(=CC6CCC6)C5)CC2CC1)CC\4)CC3. The maximum atomic E-state index is 2.72. The molecule has 0 aromatic carbocycles. The zero-order chi connectivity index (χ0) is 25.3. The van der Waals surface area contributed by atoms with Crippen LogP contribution in [0.3, 0.4) is 0 Å². The van der Waals surface area contributed by atoms with E-state index in [1.165, 1.54) is 115 Å². The van der Waals surface area contributed by atoms with E-state index in [1.54, 1.807) is 44.6 Å². The van der Waals surface area contributed by atoms with E-state index in [1.807, 2.05) is 0 Å². The van der Waals surface area contributed by atoms with Gasteiger partial charge in [0.05, 0.1) is 0 Å². The van der Waals surface area contributed by atoms with Crippen LogP contribution in [-0.4, -0.2) is 0 Å². The molecule has 38 heavy (non-hydrogen) atoms. The molecule has 0 aromatic rings. The maximum absolute atomic E-state index is 2.72. The first-order chi connectivity index (χ1) is 18.8. The zero-order valence-corrected chi connectivity index (χ0v) is 23.4. The molecular formula is C38H46. The molecule has 13 aliphatic carbocycles. The summed E-state index contributed by atoms with van der Waals surface area (Å²) < 4.78 is 0. The predicted molar refractivity (Wildman–Crippen MR) is 162 cm³/mol. The first-order valence-electron chi connectivity index (χ1n) is 16.0. The quantitative estimate of drug-likeness (QED) is 0.313. The second-order valence-corrected chi connectivity index (χ2v) is 13.3. The fourth-order valence-corrected chi connectivity index (χ4v) is 8.07. The van der Waals surface area contributed by atoms with E-state index in [-0.39, 0.29) is 0 Å². The van der Waals surface area contributed by atoms with Crippen molar-refractivity contribution >= 4 is 0 Å². The molecule has 13 rings (SSSR count). The van der Waals surface area contributed by atoms with Crippen molar-refractivity contribution in [1.29, 1.82) is 0 Å². The second kappa shape index (κ2) is 11.0. The third-order valence-electron chi connectivity index (χ3n) is 10.8. The fourth-order valence-electron chi connectivity index (χ4n) is 8.07. The Balaban J connectivity index is 1.22. The Kier molecular flexibility index (Phi) is 7.17. The van der Waals surface area contributed by atoms with Crippen LogP contribution in [0.2, 0.25) is 0 Å². The lowest BCUT2D eigenvalue weighted by Gasteiger charge is -2.34. The summed E-state index contributed by atoms with van der Waals surface area (Å²) in [6.07, 6.45) is 45.0. The number of hydrogen-bond acceptors (Lipinski definition) is 0. The van der Waals surface area contributed by atoms with Gasteiger partial charge >= 0.3 is 0 Å². The van der Waals surface area contributed by atoms with E-state index < -0.39 is 0 Å². The molecule has 0 N–H and O–H groups in total. The first-order valence-corrected chi connectivity index (χ1v) is 16.0. The van der Waals surface area contributed by atoms with E-state index in [2.05, 4.69) is 54.7 Å². The summed E-state index contributed by atoms with van der Waals surface area (Å²) in [7, 11) is 0. The maximum Gasteiger partial charge on any atom is -0.00992 e. The van der Waals surface area contributed by atoms with E-state index in [0.29, 0.717) is 0 Å². The fraction of sp³-hybridized carbons (Fsp3) is 0.526. The zero-order valence-electron chi connectivity index (χ0n) is 23.4. The van der Waals surface area contributed by atoms with Gasteiger partial charge in [0.25, 0.3) is 0 Å². The molecule has 198 valence electrons. The van der Waals surface area contributed by atoms with Crippen molar-refractivity contribution in [1.82, 2.24) is 0 Å². The van der Waals surface area contributed by atoms with Crippen LogP contribution in [0.4, 0.5) is 0 Å². The van der Waals surface area contributed by atoms with Crippen LogP contribution in [0, 0.1) is 17.8 Å². The molecular weight excluding hydrogens is 456 g/mol. The molecule has 1 atom stereocenters. The monoisotopic (exact) mass is 502 g/mol. The van der Waals surface area contributed by atoms with E-state index in [9.17, 15) is 0 Å². The van der Waals surface area contributed by atoms with Crippen LogP contribution < -0.4 is 0 Å². The Morgan fingerprint density at radius 2 is 1.63 bits per heavy atom. The van der Waals surface area contributed by atoms with Gasteiger partial charge in [-0.1, -0.05) is 83.4 Å². The topological polar surface area (TPSA) is 0 Å². The van der Waals surface area contributed by atoms with E-state index in [4.69, 9.17) is 0 Å². The third kappa shape index (κ3) is 5.38. The molecule has 0 radical (unpaired) electrons. The van der Waals surface area contributed by atoms with Gasteiger partial charge in [0.1, 0.15) is 0 Å². The molecule has 0 heterocycles. The van der Waals surface area contributed by atoms with E-state index in [0.717, 1.165) is 17.8 Å². The van der Waals surface area contributed by atoms with Gasteiger partial charge in [-0.05, 0) is 148 Å². The Morgan fingerprint density at radius 1 is 0.711 bits per heavy atom. The Labute approximate surface area is 231 Å². The minimum absolute atomic E-state index is 0.743. The van der Waals surface area contributed by atoms with Crippen LogP contribution in [0.5, 0.6) is 0 Å². The highest BCUT2D eigenvalue weighted by molar-refractivity contribution is 5.58. The molecule has 13 aliphatic rings. The standard InChI is InChI=1S/C38H46/c1-3-30(4-1)23-32-24-31-5-2-6-35(26-32)33-16-13-29(14-17-33)12-9-27-7-10-28(11-8-27)15-18-34-19-20-36(25-31)38-22-21-37(34)38/h5,9,12-13,16,18,21-23,28,30,36H,1-4,6-8,10-11,14-15,17,19-20,24-26H2/b27-9?,29-12+,31-5?,32-23?,34-18+,35-33-. The highest BCUT2D eigenvalue weighted by atomic mass is 14.3. The molecule has 8 bridgehead atoms. The smallest absolute Gasteiger partial charge is 0.00992 e. The summed E-state index contributed by atoms with van der Waals surface area (Å²) in [6.45, 7) is 0. The number of hydrogen-bond donors (Lipinski definition) is 0. The summed E-state index contributed by atoms with van der Waals surface area (Å²) in [5.74, 6) is 2.47. The first kappa shape index (κ1) is 24.7. The average molecular weight is 503 g/mol. The number of rotatable bonds is 1. The van der Waals surface area contributed by atoms with E-state index >= 15 is 0 Å². The molecule has 0 aliphatic heterocycles. The molecule has 2 fully saturated rings. The molecule has 0 heteroatoms. The van der Waals surface area contributed by atoms with Crippen molar-refractivity contribution in [2.24, 2.45) is 17.8 Å². The Bertz CT molecular complexity index is 1230. The summed E-state index contributed by atoms with van der Waals surface area (Å²) in [5.41, 5.74) is 15.0. The van der Waals surface area contributed by atoms with Crippen LogP contribution in [0.25, 0.3) is 0 Å². The van der Waals surface area contributed by atoms with Gasteiger partial charge in [0, 0.05) is 0 Å². The molecule has 0 amide bonds. The lowest BCUT2D eigenvalue weighted by Crippen LogP contribution is -2.18. The van der Waals surface area contributed by atoms with Gasteiger partial charge in [0.15, 0.2) is 0 Å². The third-order valence-corrected chi connectivity index (χ3v) is 10.8. The van der Waals surface area contributed by atoms with Gasteiger partial charge in [-0.25, -0.2) is 0 Å². The average Bonchev–Trinajstić information content (AvgIpc) is 2.87. The van der Waals surface area contributed by atoms with Crippen LogP contribution >= 0.6 is 0 Å². The molecule has 0 nitrogen and oxygen atoms in total. The number of allylic oxidation sites excluding steroid dienone is 18. The molecule has 2 saturated carbocycles. The van der Waals surface area contributed by atoms with Crippen molar-refractivity contribution < 1.29 is 0 Å². The minimum atomic E-state index is 0.743. The summed E-state index contributed by atoms with van der Waals surface area (Å²) >= 11 is 0. The van der Waals surface area contributed by atoms with Crippen molar-refractivity contribution in [3.63, 3.8) is 0 Å². The van der Waals surface area contributed by atoms with Gasteiger partial charge < -0.3 is 0 Å². The molecule has 0 spiro atoms. The largest absolute Gasteiger partial charge is 0.0847 e. The summed E-state index contributed by atoms with van der Waals surface area (Å²) in [6, 6.07) is 0. The van der Waals surface area contributed by atoms with Crippen molar-refractivity contribution in [3.05, 3.63) is 105 Å². The van der Waals surface area contributed by atoms with Crippen LogP contribution in [0.1, 0.15) is 109 Å². The van der Waals surface area contributed by atoms with Crippen molar-refractivity contribution in [3.8, 4) is 0 Å². The Morgan fingerprint density at radius 3 is 2.39 bits per heavy atom. The molecule has 0 saturated heterocycles. The van der Waals surface area contributed by atoms with Gasteiger partial charge in [-0.15, -0.1) is 0 Å². The van der Waals surface area contributed by atoms with Gasteiger partial charge in [-0.2, -0.15) is 0 Å². The van der Waals surface area contributed by atoms with Gasteiger partial charge in [0.2, 0.25) is 0 Å². The summed E-state index contributed by atoms with van der Waals surface area (Å²) in [5, 5.41) is 0. The Hall–Kier alpha value is -2.34. The lowest BCUT2D eigenvalue weighted by atomic mass is 9.71. The minimum Gasteiger partial charge on any atom is -0.0847 e. The highest BCUT2D eigenvalue weighted by Crippen LogP contribution is 2.45. The normalized spacial score (nSPS) is 35.7.